The molecule has 1 rings (SSSR count). The molecule has 0 radical (unpaired) electrons. The Hall–Kier alpha value is -0.750. The third-order valence-electron chi connectivity index (χ3n) is 2.63. The quantitative estimate of drug-likeness (QED) is 0.642. The highest BCUT2D eigenvalue weighted by Crippen LogP contribution is 2.19. The van der Waals surface area contributed by atoms with E-state index in [2.05, 4.69) is 16.0 Å². The van der Waals surface area contributed by atoms with Crippen molar-refractivity contribution in [2.75, 3.05) is 25.4 Å². The fourth-order valence-corrected chi connectivity index (χ4v) is 2.82. The summed E-state index contributed by atoms with van der Waals surface area (Å²) < 4.78 is 0. The van der Waals surface area contributed by atoms with Crippen molar-refractivity contribution in [3.05, 3.63) is 0 Å². The number of hydrogen-bond acceptors (Lipinski definition) is 4. The number of nitrogens with one attached hydrogen (secondary N) is 3. The van der Waals surface area contributed by atoms with E-state index >= 15 is 0 Å². The summed E-state index contributed by atoms with van der Waals surface area (Å²) in [6.45, 7) is 5.94. The van der Waals surface area contributed by atoms with Crippen LogP contribution in [-0.2, 0) is 9.59 Å². The van der Waals surface area contributed by atoms with Crippen LogP contribution in [0.2, 0.25) is 0 Å². The van der Waals surface area contributed by atoms with Crippen LogP contribution >= 0.6 is 11.8 Å². The standard InChI is InChI=1S/C12H23N3O2S/c1-9(2)15-11(16)7-14-12(17)8-18-10-3-5-13-6-4-10/h9-10,13H,3-8H2,1-2H3,(H,14,17)(H,15,16). The number of piperidine rings is 1. The normalized spacial score (nSPS) is 16.6. The lowest BCUT2D eigenvalue weighted by molar-refractivity contribution is -0.125. The van der Waals surface area contributed by atoms with Gasteiger partial charge in [0.25, 0.3) is 0 Å². The summed E-state index contributed by atoms with van der Waals surface area (Å²) in [7, 11) is 0. The average molecular weight is 273 g/mol. The van der Waals surface area contributed by atoms with Gasteiger partial charge in [-0.3, -0.25) is 9.59 Å². The number of rotatable bonds is 6. The lowest BCUT2D eigenvalue weighted by atomic mass is 10.2. The zero-order valence-corrected chi connectivity index (χ0v) is 11.9. The van der Waals surface area contributed by atoms with Gasteiger partial charge in [-0.25, -0.2) is 0 Å². The van der Waals surface area contributed by atoms with Crippen LogP contribution in [0.1, 0.15) is 26.7 Å². The summed E-state index contributed by atoms with van der Waals surface area (Å²) in [5.74, 6) is 0.252. The molecule has 0 aromatic rings. The molecular weight excluding hydrogens is 250 g/mol. The van der Waals surface area contributed by atoms with Crippen LogP contribution in [0.4, 0.5) is 0 Å². The molecule has 2 amide bonds. The fourth-order valence-electron chi connectivity index (χ4n) is 1.76. The van der Waals surface area contributed by atoms with Crippen molar-refractivity contribution in [1.82, 2.24) is 16.0 Å². The van der Waals surface area contributed by atoms with Gasteiger partial charge < -0.3 is 16.0 Å². The highest BCUT2D eigenvalue weighted by molar-refractivity contribution is 8.00. The van der Waals surface area contributed by atoms with Gasteiger partial charge in [-0.15, -0.1) is 11.8 Å². The molecule has 3 N–H and O–H groups in total. The van der Waals surface area contributed by atoms with E-state index in [-0.39, 0.29) is 24.4 Å². The van der Waals surface area contributed by atoms with Crippen molar-refractivity contribution in [3.63, 3.8) is 0 Å². The molecule has 0 saturated carbocycles. The van der Waals surface area contributed by atoms with Crippen molar-refractivity contribution < 1.29 is 9.59 Å². The van der Waals surface area contributed by atoms with Gasteiger partial charge in [0.15, 0.2) is 0 Å². The smallest absolute Gasteiger partial charge is 0.239 e. The molecule has 18 heavy (non-hydrogen) atoms. The zero-order valence-electron chi connectivity index (χ0n) is 11.1. The SMILES string of the molecule is CC(C)NC(=O)CNC(=O)CSC1CCNCC1. The molecule has 1 aliphatic heterocycles. The number of carbonyl (C=O) groups excluding carboxylic acids is 2. The lowest BCUT2D eigenvalue weighted by Crippen LogP contribution is -2.40. The first-order valence-electron chi connectivity index (χ1n) is 6.46. The summed E-state index contributed by atoms with van der Waals surface area (Å²) in [5, 5.41) is 9.24. The third kappa shape index (κ3) is 6.86. The van der Waals surface area contributed by atoms with Gasteiger partial charge >= 0.3 is 0 Å². The number of thioether (sulfide) groups is 1. The second kappa shape index (κ2) is 8.37. The first-order chi connectivity index (χ1) is 8.58. The molecule has 1 heterocycles. The van der Waals surface area contributed by atoms with E-state index in [1.54, 1.807) is 11.8 Å². The molecule has 0 aromatic carbocycles. The number of carbonyl (C=O) groups is 2. The molecule has 0 unspecified atom stereocenters. The van der Waals surface area contributed by atoms with Crippen molar-refractivity contribution in [3.8, 4) is 0 Å². The summed E-state index contributed by atoms with van der Waals surface area (Å²) in [6.07, 6.45) is 2.23. The molecule has 1 saturated heterocycles. The van der Waals surface area contributed by atoms with Crippen molar-refractivity contribution in [2.45, 2.75) is 38.0 Å². The van der Waals surface area contributed by atoms with Crippen LogP contribution in [0.5, 0.6) is 0 Å². The lowest BCUT2D eigenvalue weighted by Gasteiger charge is -2.21. The van der Waals surface area contributed by atoms with Gasteiger partial charge in [0.2, 0.25) is 11.8 Å². The van der Waals surface area contributed by atoms with Crippen LogP contribution in [0.3, 0.4) is 0 Å². The first kappa shape index (κ1) is 15.3. The summed E-state index contributed by atoms with van der Waals surface area (Å²) in [5.41, 5.74) is 0. The molecule has 0 aliphatic carbocycles. The van der Waals surface area contributed by atoms with E-state index in [9.17, 15) is 9.59 Å². The molecule has 0 atom stereocenters. The molecule has 0 aromatic heterocycles. The first-order valence-corrected chi connectivity index (χ1v) is 7.51. The van der Waals surface area contributed by atoms with Crippen molar-refractivity contribution in [2.24, 2.45) is 0 Å². The maximum Gasteiger partial charge on any atom is 0.239 e. The Morgan fingerprint density at radius 1 is 1.28 bits per heavy atom. The molecule has 5 nitrogen and oxygen atoms in total. The van der Waals surface area contributed by atoms with Crippen LogP contribution < -0.4 is 16.0 Å². The Morgan fingerprint density at radius 3 is 2.56 bits per heavy atom. The molecule has 1 fully saturated rings. The molecule has 6 heteroatoms. The maximum atomic E-state index is 11.5. The predicted octanol–water partition coefficient (Wildman–Crippen LogP) is 0.112. The van der Waals surface area contributed by atoms with E-state index in [4.69, 9.17) is 0 Å². The van der Waals surface area contributed by atoms with Gasteiger partial charge in [0, 0.05) is 11.3 Å². The van der Waals surface area contributed by atoms with Crippen LogP contribution in [0.15, 0.2) is 0 Å². The summed E-state index contributed by atoms with van der Waals surface area (Å²) >= 11 is 1.69. The van der Waals surface area contributed by atoms with Gasteiger partial charge in [0.1, 0.15) is 0 Å². The summed E-state index contributed by atoms with van der Waals surface area (Å²) in [4.78, 5) is 22.9. The van der Waals surface area contributed by atoms with Gasteiger partial charge in [-0.1, -0.05) is 0 Å². The molecular formula is C12H23N3O2S. The highest BCUT2D eigenvalue weighted by atomic mass is 32.2. The Labute approximate surface area is 113 Å². The third-order valence-corrected chi connectivity index (χ3v) is 4.00. The van der Waals surface area contributed by atoms with Crippen LogP contribution in [0.25, 0.3) is 0 Å². The largest absolute Gasteiger partial charge is 0.352 e. The highest BCUT2D eigenvalue weighted by Gasteiger charge is 2.15. The van der Waals surface area contributed by atoms with E-state index in [0.29, 0.717) is 11.0 Å². The van der Waals surface area contributed by atoms with E-state index < -0.39 is 0 Å². The average Bonchev–Trinajstić information content (AvgIpc) is 2.34. The second-order valence-corrected chi connectivity index (χ2v) is 6.05. The Kier molecular flexibility index (Phi) is 7.12. The van der Waals surface area contributed by atoms with Gasteiger partial charge in [0.05, 0.1) is 12.3 Å². The minimum Gasteiger partial charge on any atom is -0.352 e. The number of amides is 2. The van der Waals surface area contributed by atoms with E-state index in [0.717, 1.165) is 25.9 Å². The number of hydrogen-bond donors (Lipinski definition) is 3. The minimum atomic E-state index is -0.134. The molecule has 1 aliphatic rings. The van der Waals surface area contributed by atoms with Crippen molar-refractivity contribution in [1.29, 1.82) is 0 Å². The second-order valence-electron chi connectivity index (χ2n) is 4.76. The Balaban J connectivity index is 2.07. The predicted molar refractivity (Wildman–Crippen MR) is 74.6 cm³/mol. The van der Waals surface area contributed by atoms with Crippen LogP contribution in [-0.4, -0.2) is 48.5 Å². The zero-order chi connectivity index (χ0) is 13.4. The molecule has 0 bridgehead atoms. The monoisotopic (exact) mass is 273 g/mol. The topological polar surface area (TPSA) is 70.2 Å². The molecule has 0 spiro atoms. The van der Waals surface area contributed by atoms with E-state index in [1.165, 1.54) is 0 Å². The fraction of sp³-hybridized carbons (Fsp3) is 0.833. The minimum absolute atomic E-state index is 0.0579. The van der Waals surface area contributed by atoms with Crippen molar-refractivity contribution >= 4 is 23.6 Å². The van der Waals surface area contributed by atoms with Gasteiger partial charge in [-0.2, -0.15) is 0 Å². The van der Waals surface area contributed by atoms with Gasteiger partial charge in [-0.05, 0) is 39.8 Å². The van der Waals surface area contributed by atoms with Crippen LogP contribution in [0, 0.1) is 0 Å². The Morgan fingerprint density at radius 2 is 1.94 bits per heavy atom. The maximum absolute atomic E-state index is 11.5. The summed E-state index contributed by atoms with van der Waals surface area (Å²) in [6, 6.07) is 0.110. The Bertz CT molecular complexity index is 278. The molecule has 104 valence electrons. The van der Waals surface area contributed by atoms with E-state index in [1.807, 2.05) is 13.8 Å².